The Morgan fingerprint density at radius 3 is 2.11 bits per heavy atom. The molecule has 4 aromatic rings. The van der Waals surface area contributed by atoms with Crippen LogP contribution in [0.1, 0.15) is 35.4 Å². The second kappa shape index (κ2) is 13.8. The first-order valence-corrected chi connectivity index (χ1v) is 18.6. The third kappa shape index (κ3) is 5.50. The number of imide groups is 2. The molecule has 2 aliphatic heterocycles. The van der Waals surface area contributed by atoms with Gasteiger partial charge in [0, 0.05) is 11.5 Å². The van der Waals surface area contributed by atoms with Crippen LogP contribution >= 0.6 is 23.2 Å². The second-order valence-electron chi connectivity index (χ2n) is 14.2. The molecule has 0 spiro atoms. The summed E-state index contributed by atoms with van der Waals surface area (Å²) in [4.78, 5) is 55.6. The number of alkyl halides is 2. The van der Waals surface area contributed by atoms with Crippen LogP contribution in [0.25, 0.3) is 12.2 Å². The molecule has 286 valence electrons. The summed E-state index contributed by atoms with van der Waals surface area (Å²) >= 11 is 14.9. The third-order valence-corrected chi connectivity index (χ3v) is 12.9. The van der Waals surface area contributed by atoms with Crippen LogP contribution < -0.4 is 24.0 Å². The number of phenolic OH excluding ortho intramolecular Hbond substituents is 1. The number of ether oxygens (including phenoxy) is 3. The number of phenols is 1. The summed E-state index contributed by atoms with van der Waals surface area (Å²) < 4.78 is 30.2. The van der Waals surface area contributed by atoms with E-state index in [1.54, 1.807) is 50.6 Å². The normalized spacial score (nSPS) is 26.9. The Morgan fingerprint density at radius 2 is 1.43 bits per heavy atom. The van der Waals surface area contributed by atoms with Crippen LogP contribution in [-0.2, 0) is 19.2 Å². The Balaban J connectivity index is 1.16. The fourth-order valence-electron chi connectivity index (χ4n) is 8.79. The van der Waals surface area contributed by atoms with Gasteiger partial charge in [-0.25, -0.2) is 9.29 Å². The number of allylic oxidation sites excluding steroid dienone is 2. The van der Waals surface area contributed by atoms with E-state index in [0.717, 1.165) is 28.2 Å². The Morgan fingerprint density at radius 1 is 0.750 bits per heavy atom. The molecule has 4 aromatic carbocycles. The molecule has 0 bridgehead atoms. The van der Waals surface area contributed by atoms with Gasteiger partial charge in [0.2, 0.25) is 11.8 Å². The fraction of sp³-hybridized carbons (Fsp3) is 0.256. The van der Waals surface area contributed by atoms with E-state index in [9.17, 15) is 28.7 Å². The third-order valence-electron chi connectivity index (χ3n) is 11.5. The maximum absolute atomic E-state index is 14.6. The Labute approximate surface area is 331 Å². The molecule has 3 fully saturated rings. The molecule has 1 saturated carbocycles. The minimum atomic E-state index is -2.12. The number of amides is 4. The van der Waals surface area contributed by atoms with Gasteiger partial charge in [-0.2, -0.15) is 0 Å². The molecule has 0 aromatic heterocycles. The van der Waals surface area contributed by atoms with Crippen LogP contribution in [0.3, 0.4) is 0 Å². The fourth-order valence-corrected chi connectivity index (χ4v) is 9.73. The molecular weight excluding hydrogens is 762 g/mol. The quantitative estimate of drug-likeness (QED) is 0.0843. The predicted molar refractivity (Wildman–Crippen MR) is 209 cm³/mol. The highest BCUT2D eigenvalue weighted by Gasteiger charge is 2.76. The van der Waals surface area contributed by atoms with E-state index in [1.165, 1.54) is 36.3 Å². The average Bonchev–Trinajstić information content (AvgIpc) is 3.55. The standard InChI is InChI=1S/C43H35Cl2FN2O8/c1-54-29-15-19-34(55-2)24(20-29)7-4-23-5-11-27(12-6-23)47-38(50)31-17-16-30-32(36(31)39(47)51)22-42(44)40(52)48(28-13-9-26(46)10-14-28)41(53)43(42,45)37(30)25-8-18-33(49)35(21-25)56-3/h4-16,18-21,31-32,36-37,49H,17,22H2,1-3H3/t31-,32+,36-,37-,42+,43-/m0/s1. The van der Waals surface area contributed by atoms with Gasteiger partial charge in [-0.05, 0) is 96.6 Å². The number of methoxy groups -OCH3 is 3. The van der Waals surface area contributed by atoms with E-state index >= 15 is 0 Å². The van der Waals surface area contributed by atoms with E-state index in [2.05, 4.69) is 0 Å². The zero-order chi connectivity index (χ0) is 39.7. The lowest BCUT2D eigenvalue weighted by Gasteiger charge is -2.50. The lowest BCUT2D eigenvalue weighted by atomic mass is 9.56. The van der Waals surface area contributed by atoms with Crippen LogP contribution in [-0.4, -0.2) is 59.8 Å². The van der Waals surface area contributed by atoms with Crippen molar-refractivity contribution in [2.24, 2.45) is 17.8 Å². The molecule has 4 aliphatic rings. The van der Waals surface area contributed by atoms with Crippen LogP contribution in [0.2, 0.25) is 0 Å². The highest BCUT2D eigenvalue weighted by atomic mass is 35.5. The minimum Gasteiger partial charge on any atom is -0.504 e. The van der Waals surface area contributed by atoms with Crippen LogP contribution in [0.5, 0.6) is 23.0 Å². The molecule has 2 saturated heterocycles. The number of fused-ring (bicyclic) bond motifs is 4. The van der Waals surface area contributed by atoms with Crippen molar-refractivity contribution in [1.82, 2.24) is 0 Å². The van der Waals surface area contributed by atoms with Crippen molar-refractivity contribution < 1.29 is 42.9 Å². The summed E-state index contributed by atoms with van der Waals surface area (Å²) in [5.74, 6) is -5.40. The monoisotopic (exact) mass is 796 g/mol. The Hall–Kier alpha value is -5.65. The summed E-state index contributed by atoms with van der Waals surface area (Å²) in [5, 5.41) is 10.5. The first-order chi connectivity index (χ1) is 26.9. The van der Waals surface area contributed by atoms with Gasteiger partial charge in [-0.1, -0.05) is 42.0 Å². The second-order valence-corrected chi connectivity index (χ2v) is 15.5. The van der Waals surface area contributed by atoms with Crippen LogP contribution in [0.4, 0.5) is 15.8 Å². The van der Waals surface area contributed by atoms with Gasteiger partial charge in [-0.3, -0.25) is 24.1 Å². The van der Waals surface area contributed by atoms with Crippen molar-refractivity contribution in [3.05, 3.63) is 119 Å². The minimum absolute atomic E-state index is 0.0759. The molecule has 56 heavy (non-hydrogen) atoms. The molecule has 13 heteroatoms. The number of hydrogen-bond acceptors (Lipinski definition) is 8. The maximum atomic E-state index is 14.6. The number of rotatable bonds is 8. The van der Waals surface area contributed by atoms with Crippen molar-refractivity contribution in [2.45, 2.75) is 28.5 Å². The molecule has 2 aliphatic carbocycles. The first kappa shape index (κ1) is 37.3. The highest BCUT2D eigenvalue weighted by molar-refractivity contribution is 6.58. The van der Waals surface area contributed by atoms with E-state index in [1.807, 2.05) is 30.4 Å². The van der Waals surface area contributed by atoms with E-state index < -0.39 is 62.9 Å². The van der Waals surface area contributed by atoms with E-state index in [4.69, 9.17) is 37.4 Å². The van der Waals surface area contributed by atoms with E-state index in [0.29, 0.717) is 28.3 Å². The van der Waals surface area contributed by atoms with E-state index in [-0.39, 0.29) is 30.0 Å². The smallest absolute Gasteiger partial charge is 0.258 e. The summed E-state index contributed by atoms with van der Waals surface area (Å²) in [6.45, 7) is 0. The lowest BCUT2D eigenvalue weighted by molar-refractivity contribution is -0.125. The number of anilines is 2. The molecule has 0 unspecified atom stereocenters. The summed E-state index contributed by atoms with van der Waals surface area (Å²) in [7, 11) is 4.53. The first-order valence-electron chi connectivity index (χ1n) is 17.8. The van der Waals surface area contributed by atoms with Crippen molar-refractivity contribution >= 4 is 70.4 Å². The van der Waals surface area contributed by atoms with Crippen LogP contribution in [0.15, 0.2) is 96.6 Å². The van der Waals surface area contributed by atoms with Crippen LogP contribution in [0, 0.1) is 23.6 Å². The van der Waals surface area contributed by atoms with Crippen molar-refractivity contribution in [2.75, 3.05) is 31.1 Å². The number of aromatic hydroxyl groups is 1. The van der Waals surface area contributed by atoms with Gasteiger partial charge in [-0.15, -0.1) is 23.2 Å². The van der Waals surface area contributed by atoms with Gasteiger partial charge >= 0.3 is 0 Å². The zero-order valence-corrected chi connectivity index (χ0v) is 31.9. The summed E-state index contributed by atoms with van der Waals surface area (Å²) in [5.41, 5.74) is 3.03. The van der Waals surface area contributed by atoms with Crippen molar-refractivity contribution in [3.63, 3.8) is 0 Å². The van der Waals surface area contributed by atoms with Crippen molar-refractivity contribution in [1.29, 1.82) is 0 Å². The molecule has 8 rings (SSSR count). The van der Waals surface area contributed by atoms with Gasteiger partial charge in [0.05, 0.1) is 44.5 Å². The molecular formula is C43H35Cl2FN2O8. The van der Waals surface area contributed by atoms with Crippen molar-refractivity contribution in [3.8, 4) is 23.0 Å². The largest absolute Gasteiger partial charge is 0.504 e. The van der Waals surface area contributed by atoms with Gasteiger partial charge in [0.25, 0.3) is 11.8 Å². The summed E-state index contributed by atoms with van der Waals surface area (Å²) in [6, 6.07) is 21.7. The Bertz CT molecular complexity index is 2370. The molecule has 10 nitrogen and oxygen atoms in total. The predicted octanol–water partition coefficient (Wildman–Crippen LogP) is 7.50. The number of nitrogens with zero attached hydrogens (tertiary/aromatic N) is 2. The number of hydrogen-bond donors (Lipinski definition) is 1. The molecule has 6 atom stereocenters. The highest BCUT2D eigenvalue weighted by Crippen LogP contribution is 2.66. The SMILES string of the molecule is COc1ccc(OC)c(C=Cc2ccc(N3C(=O)[C@H]4[C@H](CC=C5[C@H]4C[C@@]4(Cl)C(=O)N(c6ccc(F)cc6)C(=O)[C@@]4(Cl)[C@H]5c4ccc(O)c(OC)c4)C3=O)cc2)c1. The maximum Gasteiger partial charge on any atom is 0.258 e. The number of halogens is 3. The molecule has 2 heterocycles. The molecule has 1 N–H and O–H groups in total. The number of benzene rings is 4. The van der Waals surface area contributed by atoms with Gasteiger partial charge < -0.3 is 19.3 Å². The lowest BCUT2D eigenvalue weighted by Crippen LogP contribution is -2.60. The molecule has 0 radical (unpaired) electrons. The topological polar surface area (TPSA) is 123 Å². The summed E-state index contributed by atoms with van der Waals surface area (Å²) in [6.07, 6.45) is 5.50. The zero-order valence-electron chi connectivity index (χ0n) is 30.4. The van der Waals surface area contributed by atoms with Gasteiger partial charge in [0.15, 0.2) is 21.2 Å². The number of carbonyl (C=O) groups excluding carboxylic acids is 4. The molecule has 4 amide bonds. The van der Waals surface area contributed by atoms with Gasteiger partial charge in [0.1, 0.15) is 17.3 Å². The number of carbonyl (C=O) groups is 4. The Kier molecular flexibility index (Phi) is 9.20. The average molecular weight is 798 g/mol.